The lowest BCUT2D eigenvalue weighted by atomic mass is 10.2. The number of amides is 1. The molecule has 3 rings (SSSR count). The van der Waals surface area contributed by atoms with Crippen LogP contribution < -0.4 is 5.32 Å². The van der Waals surface area contributed by atoms with Gasteiger partial charge in [-0.05, 0) is 40.2 Å². The molecule has 6 heteroatoms. The zero-order chi connectivity index (χ0) is 14.8. The fourth-order valence-electron chi connectivity index (χ4n) is 1.93. The molecule has 1 N–H and O–H groups in total. The van der Waals surface area contributed by atoms with Gasteiger partial charge in [-0.15, -0.1) is 11.3 Å². The maximum Gasteiger partial charge on any atom is 0.253 e. The van der Waals surface area contributed by atoms with Gasteiger partial charge in [0.2, 0.25) is 0 Å². The van der Waals surface area contributed by atoms with Crippen molar-refractivity contribution in [2.75, 3.05) is 0 Å². The summed E-state index contributed by atoms with van der Waals surface area (Å²) in [4.78, 5) is 16.6. The number of halogens is 2. The van der Waals surface area contributed by atoms with Crippen LogP contribution in [0.3, 0.4) is 0 Å². The summed E-state index contributed by atoms with van der Waals surface area (Å²) in [7, 11) is 0. The van der Waals surface area contributed by atoms with Gasteiger partial charge in [-0.1, -0.05) is 29.8 Å². The molecule has 0 fully saturated rings. The summed E-state index contributed by atoms with van der Waals surface area (Å²) in [5.41, 5.74) is 1.40. The van der Waals surface area contributed by atoms with Gasteiger partial charge in [0, 0.05) is 4.47 Å². The number of hydrogen-bond donors (Lipinski definition) is 1. The second kappa shape index (κ2) is 6.13. The topological polar surface area (TPSA) is 42.0 Å². The number of nitrogens with zero attached hydrogens (tertiary/aromatic N) is 1. The lowest BCUT2D eigenvalue weighted by molar-refractivity contribution is 0.0951. The standard InChI is InChI=1S/C15H10BrClN2OS/c16-10-5-3-4-9(14(10)17)15(20)18-8-13-19-11-6-1-2-7-12(11)21-13/h1-7H,8H2,(H,18,20). The first kappa shape index (κ1) is 14.5. The summed E-state index contributed by atoms with van der Waals surface area (Å²) in [6, 6.07) is 13.2. The van der Waals surface area contributed by atoms with E-state index in [2.05, 4.69) is 26.2 Å². The third kappa shape index (κ3) is 3.10. The molecule has 0 radical (unpaired) electrons. The van der Waals surface area contributed by atoms with Crippen molar-refractivity contribution in [2.24, 2.45) is 0 Å². The van der Waals surface area contributed by atoms with Crippen molar-refractivity contribution in [3.05, 3.63) is 62.5 Å². The number of hydrogen-bond acceptors (Lipinski definition) is 3. The SMILES string of the molecule is O=C(NCc1nc2ccccc2s1)c1cccc(Br)c1Cl. The van der Waals surface area contributed by atoms with Crippen LogP contribution >= 0.6 is 38.9 Å². The third-order valence-electron chi connectivity index (χ3n) is 2.93. The summed E-state index contributed by atoms with van der Waals surface area (Å²) in [6.45, 7) is 0.390. The Labute approximate surface area is 139 Å². The number of aromatic nitrogens is 1. The van der Waals surface area contributed by atoms with E-state index in [-0.39, 0.29) is 5.91 Å². The van der Waals surface area contributed by atoms with Crippen LogP contribution in [0.25, 0.3) is 10.2 Å². The van der Waals surface area contributed by atoms with Crippen LogP contribution in [0.15, 0.2) is 46.9 Å². The Kier molecular flexibility index (Phi) is 4.24. The maximum absolute atomic E-state index is 12.2. The van der Waals surface area contributed by atoms with Gasteiger partial charge < -0.3 is 5.32 Å². The number of carbonyl (C=O) groups excluding carboxylic acids is 1. The predicted molar refractivity (Wildman–Crippen MR) is 89.9 cm³/mol. The molecular weight excluding hydrogens is 372 g/mol. The van der Waals surface area contributed by atoms with Gasteiger partial charge >= 0.3 is 0 Å². The molecule has 0 aliphatic heterocycles. The van der Waals surface area contributed by atoms with E-state index < -0.39 is 0 Å². The van der Waals surface area contributed by atoms with Gasteiger partial charge in [0.1, 0.15) is 5.01 Å². The van der Waals surface area contributed by atoms with Crippen LogP contribution in [0, 0.1) is 0 Å². The number of carbonyl (C=O) groups is 1. The van der Waals surface area contributed by atoms with Gasteiger partial charge in [-0.2, -0.15) is 0 Å². The smallest absolute Gasteiger partial charge is 0.253 e. The van der Waals surface area contributed by atoms with E-state index in [0.717, 1.165) is 15.2 Å². The fourth-order valence-corrected chi connectivity index (χ4v) is 3.41. The van der Waals surface area contributed by atoms with E-state index >= 15 is 0 Å². The third-order valence-corrected chi connectivity index (χ3v) is 5.27. The molecule has 3 nitrogen and oxygen atoms in total. The molecule has 0 aliphatic carbocycles. The molecule has 0 atom stereocenters. The normalized spacial score (nSPS) is 10.8. The lowest BCUT2D eigenvalue weighted by Gasteiger charge is -2.06. The molecule has 0 bridgehead atoms. The van der Waals surface area contributed by atoms with E-state index in [0.29, 0.717) is 21.6 Å². The first-order valence-corrected chi connectivity index (χ1v) is 8.20. The molecule has 1 aromatic heterocycles. The van der Waals surface area contributed by atoms with E-state index in [1.165, 1.54) is 0 Å². The average molecular weight is 382 g/mol. The van der Waals surface area contributed by atoms with E-state index in [1.54, 1.807) is 29.5 Å². The van der Waals surface area contributed by atoms with Crippen molar-refractivity contribution >= 4 is 55.0 Å². The van der Waals surface area contributed by atoms with E-state index in [4.69, 9.17) is 11.6 Å². The number of para-hydroxylation sites is 1. The summed E-state index contributed by atoms with van der Waals surface area (Å²) >= 11 is 11.0. The lowest BCUT2D eigenvalue weighted by Crippen LogP contribution is -2.23. The van der Waals surface area contributed by atoms with Gasteiger partial charge in [0.15, 0.2) is 0 Å². The van der Waals surface area contributed by atoms with Crippen LogP contribution in [0.1, 0.15) is 15.4 Å². The Morgan fingerprint density at radius 2 is 2.05 bits per heavy atom. The number of nitrogens with one attached hydrogen (secondary N) is 1. The number of benzene rings is 2. The van der Waals surface area contributed by atoms with Gasteiger partial charge in [0.25, 0.3) is 5.91 Å². The molecule has 1 amide bonds. The van der Waals surface area contributed by atoms with Crippen LogP contribution in [0.4, 0.5) is 0 Å². The molecule has 21 heavy (non-hydrogen) atoms. The number of thiazole rings is 1. The Morgan fingerprint density at radius 3 is 2.86 bits per heavy atom. The summed E-state index contributed by atoms with van der Waals surface area (Å²) in [6.07, 6.45) is 0. The zero-order valence-electron chi connectivity index (χ0n) is 10.8. The highest BCUT2D eigenvalue weighted by Crippen LogP contribution is 2.26. The first-order valence-electron chi connectivity index (χ1n) is 6.22. The van der Waals surface area contributed by atoms with Gasteiger partial charge in [0.05, 0.1) is 27.3 Å². The van der Waals surface area contributed by atoms with Crippen LogP contribution in [0.2, 0.25) is 5.02 Å². The van der Waals surface area contributed by atoms with Gasteiger partial charge in [-0.25, -0.2) is 4.98 Å². The quantitative estimate of drug-likeness (QED) is 0.718. The molecule has 1 heterocycles. The van der Waals surface area contributed by atoms with Crippen molar-refractivity contribution in [1.29, 1.82) is 0 Å². The second-order valence-electron chi connectivity index (χ2n) is 4.36. The predicted octanol–water partition coefficient (Wildman–Crippen LogP) is 4.64. The monoisotopic (exact) mass is 380 g/mol. The fraction of sp³-hybridized carbons (Fsp3) is 0.0667. The van der Waals surface area contributed by atoms with Crippen molar-refractivity contribution in [3.8, 4) is 0 Å². The van der Waals surface area contributed by atoms with Crippen LogP contribution in [0.5, 0.6) is 0 Å². The highest BCUT2D eigenvalue weighted by Gasteiger charge is 2.12. The molecule has 106 valence electrons. The molecule has 3 aromatic rings. The Morgan fingerprint density at radius 1 is 1.24 bits per heavy atom. The minimum Gasteiger partial charge on any atom is -0.345 e. The van der Waals surface area contributed by atoms with Crippen LogP contribution in [-0.4, -0.2) is 10.9 Å². The molecule has 0 saturated heterocycles. The molecule has 0 saturated carbocycles. The highest BCUT2D eigenvalue weighted by molar-refractivity contribution is 9.10. The maximum atomic E-state index is 12.2. The Hall–Kier alpha value is -1.43. The van der Waals surface area contributed by atoms with E-state index in [1.807, 2.05) is 24.3 Å². The summed E-state index contributed by atoms with van der Waals surface area (Å²) < 4.78 is 1.82. The minimum absolute atomic E-state index is 0.208. The summed E-state index contributed by atoms with van der Waals surface area (Å²) in [5.74, 6) is -0.208. The van der Waals surface area contributed by atoms with Crippen LogP contribution in [-0.2, 0) is 6.54 Å². The zero-order valence-corrected chi connectivity index (χ0v) is 13.9. The van der Waals surface area contributed by atoms with Crippen molar-refractivity contribution in [3.63, 3.8) is 0 Å². The second-order valence-corrected chi connectivity index (χ2v) is 6.71. The minimum atomic E-state index is -0.208. The number of rotatable bonds is 3. The average Bonchev–Trinajstić information content (AvgIpc) is 2.90. The van der Waals surface area contributed by atoms with Gasteiger partial charge in [-0.3, -0.25) is 4.79 Å². The Balaban J connectivity index is 1.75. The molecule has 0 unspecified atom stereocenters. The molecular formula is C15H10BrClN2OS. The highest BCUT2D eigenvalue weighted by atomic mass is 79.9. The molecule has 0 aliphatic rings. The molecule has 2 aromatic carbocycles. The molecule has 0 spiro atoms. The van der Waals surface area contributed by atoms with Crippen molar-refractivity contribution in [1.82, 2.24) is 10.3 Å². The summed E-state index contributed by atoms with van der Waals surface area (Å²) in [5, 5.41) is 4.13. The van der Waals surface area contributed by atoms with Crippen molar-refractivity contribution < 1.29 is 4.79 Å². The van der Waals surface area contributed by atoms with E-state index in [9.17, 15) is 4.79 Å². The largest absolute Gasteiger partial charge is 0.345 e. The van der Waals surface area contributed by atoms with Crippen molar-refractivity contribution in [2.45, 2.75) is 6.54 Å². The number of fused-ring (bicyclic) bond motifs is 1. The first-order chi connectivity index (χ1) is 10.1. The Bertz CT molecular complexity index is 785.